The number of carbonyl (C=O) groups excluding carboxylic acids is 1. The van der Waals surface area contributed by atoms with Crippen LogP contribution in [0.4, 0.5) is 16.4 Å². The number of nitrogens with one attached hydrogen (secondary N) is 1. The number of carbonyl (C=O) groups is 1. The molecule has 1 saturated heterocycles. The number of hydrogen-bond donors (Lipinski definition) is 1. The third-order valence-electron chi connectivity index (χ3n) is 6.28. The van der Waals surface area contributed by atoms with Crippen LogP contribution >= 0.6 is 0 Å². The van der Waals surface area contributed by atoms with Gasteiger partial charge >= 0.3 is 6.09 Å². The highest BCUT2D eigenvalue weighted by Gasteiger charge is 2.25. The molecule has 1 aliphatic rings. The molecule has 11 heteroatoms. The first kappa shape index (κ1) is 22.0. The van der Waals surface area contributed by atoms with Gasteiger partial charge in [0.1, 0.15) is 11.1 Å². The largest absolute Gasteiger partial charge is 0.480 e. The number of pyridine rings is 1. The van der Waals surface area contributed by atoms with E-state index < -0.39 is 18.7 Å². The van der Waals surface area contributed by atoms with E-state index >= 15 is 0 Å². The van der Waals surface area contributed by atoms with Crippen molar-refractivity contribution in [3.05, 3.63) is 42.4 Å². The fraction of sp³-hybridized carbons (Fsp3) is 0.444. The molecule has 0 aromatic carbocycles. The Kier molecular flexibility index (Phi) is 5.83. The van der Waals surface area contributed by atoms with Gasteiger partial charge in [-0.1, -0.05) is 0 Å². The van der Waals surface area contributed by atoms with Crippen LogP contribution in [0.15, 0.2) is 36.7 Å². The maximum absolute atomic E-state index is 13.2. The number of rotatable bonds is 5. The summed E-state index contributed by atoms with van der Waals surface area (Å²) in [6.45, 7) is 6.09. The van der Waals surface area contributed by atoms with E-state index in [9.17, 15) is 4.79 Å². The normalized spacial score (nSPS) is 16.6. The third kappa shape index (κ3) is 5.33. The van der Waals surface area contributed by atoms with E-state index in [-0.39, 0.29) is 6.04 Å². The average molecular weight is 522 g/mol. The summed E-state index contributed by atoms with van der Waals surface area (Å²) in [7, 11) is 1.52. The lowest BCUT2D eigenvalue weighted by atomic mass is 10.1. The van der Waals surface area contributed by atoms with Crippen molar-refractivity contribution >= 4 is 28.9 Å². The van der Waals surface area contributed by atoms with E-state index in [0.717, 1.165) is 11.2 Å². The number of aromatic nitrogens is 6. The number of piperidine rings is 1. The Morgan fingerprint density at radius 2 is 1.95 bits per heavy atom. The van der Waals surface area contributed by atoms with Gasteiger partial charge in [-0.05, 0) is 78.8 Å². The summed E-state index contributed by atoms with van der Waals surface area (Å²) < 4.78 is 37.4. The van der Waals surface area contributed by atoms with Crippen LogP contribution < -0.4 is 10.1 Å². The molecule has 0 saturated carbocycles. The topological polar surface area (TPSA) is 112 Å². The summed E-state index contributed by atoms with van der Waals surface area (Å²) in [6.07, 6.45) is 4.28. The molecule has 1 fully saturated rings. The predicted molar refractivity (Wildman–Crippen MR) is 145 cm³/mol. The fourth-order valence-corrected chi connectivity index (χ4v) is 4.51. The number of hydrogen-bond acceptors (Lipinski definition) is 9. The zero-order valence-corrected chi connectivity index (χ0v) is 22.2. The molecule has 1 N–H and O–H groups in total. The number of fused-ring (bicyclic) bond motifs is 1. The number of anilines is 2. The van der Waals surface area contributed by atoms with Gasteiger partial charge in [-0.25, -0.2) is 19.7 Å². The monoisotopic (exact) mass is 521 g/mol. The van der Waals surface area contributed by atoms with E-state index in [2.05, 4.69) is 25.0 Å². The lowest BCUT2D eigenvalue weighted by molar-refractivity contribution is 0.0518. The van der Waals surface area contributed by atoms with E-state index in [1.807, 2.05) is 31.3 Å². The molecule has 1 aliphatic heterocycles. The summed E-state index contributed by atoms with van der Waals surface area (Å²) in [4.78, 5) is 28.5. The number of ether oxygens (including phenoxy) is 2. The van der Waals surface area contributed by atoms with Crippen molar-refractivity contribution in [1.29, 1.82) is 0 Å². The van der Waals surface area contributed by atoms with Crippen LogP contribution in [-0.4, -0.2) is 73.1 Å². The van der Waals surface area contributed by atoms with Crippen molar-refractivity contribution in [2.45, 2.75) is 52.2 Å². The SMILES string of the molecule is [2H]C([2H])([2H])N1CCC(n2ccc3ncc(Nc4cc(-c5ccc(C)nc5OC)n(C(=O)OC(C)(C)C)n4)nc32)CC1. The first-order valence-electron chi connectivity index (χ1n) is 14.0. The fourth-order valence-electron chi connectivity index (χ4n) is 4.51. The lowest BCUT2D eigenvalue weighted by Gasteiger charge is -2.30. The number of nitrogens with zero attached hydrogens (tertiary/aromatic N) is 7. The molecule has 38 heavy (non-hydrogen) atoms. The Hall–Kier alpha value is -3.99. The smallest absolute Gasteiger partial charge is 0.435 e. The van der Waals surface area contributed by atoms with Crippen LogP contribution in [-0.2, 0) is 4.74 Å². The maximum atomic E-state index is 13.2. The second-order valence-corrected chi connectivity index (χ2v) is 10.3. The van der Waals surface area contributed by atoms with Gasteiger partial charge in [0.05, 0.1) is 24.6 Å². The molecule has 0 amide bonds. The van der Waals surface area contributed by atoms with Crippen LogP contribution in [0, 0.1) is 6.92 Å². The average Bonchev–Trinajstić information content (AvgIpc) is 3.51. The maximum Gasteiger partial charge on any atom is 0.435 e. The Balaban J connectivity index is 1.46. The minimum atomic E-state index is -2.08. The van der Waals surface area contributed by atoms with Gasteiger partial charge in [-0.15, -0.1) is 5.10 Å². The summed E-state index contributed by atoms with van der Waals surface area (Å²) >= 11 is 0. The molecule has 5 heterocycles. The number of aryl methyl sites for hydroxylation is 1. The quantitative estimate of drug-likeness (QED) is 0.396. The lowest BCUT2D eigenvalue weighted by Crippen LogP contribution is -2.31. The Labute approximate surface area is 226 Å². The molecule has 200 valence electrons. The highest BCUT2D eigenvalue weighted by molar-refractivity contribution is 5.81. The summed E-state index contributed by atoms with van der Waals surface area (Å²) in [5.41, 5.74) is 2.45. The second-order valence-electron chi connectivity index (χ2n) is 10.3. The summed E-state index contributed by atoms with van der Waals surface area (Å²) in [6, 6.07) is 7.35. The van der Waals surface area contributed by atoms with Gasteiger partial charge in [0.25, 0.3) is 0 Å². The third-order valence-corrected chi connectivity index (χ3v) is 6.28. The van der Waals surface area contributed by atoms with Gasteiger partial charge in [-0.3, -0.25) is 0 Å². The molecule has 4 aromatic heterocycles. The summed E-state index contributed by atoms with van der Waals surface area (Å²) in [5.74, 6) is 1.14. The van der Waals surface area contributed by atoms with Gasteiger partial charge in [0, 0.05) is 28.1 Å². The molecule has 0 unspecified atom stereocenters. The van der Waals surface area contributed by atoms with E-state index in [1.165, 1.54) is 16.7 Å². The zero-order valence-electron chi connectivity index (χ0n) is 25.2. The molecule has 0 aliphatic carbocycles. The first-order valence-corrected chi connectivity index (χ1v) is 12.5. The van der Waals surface area contributed by atoms with Crippen molar-refractivity contribution < 1.29 is 18.4 Å². The molecule has 0 atom stereocenters. The Bertz CT molecular complexity index is 1570. The molecular weight excluding hydrogens is 484 g/mol. The zero-order chi connectivity index (χ0) is 29.5. The molecular formula is C27H34N8O3. The van der Waals surface area contributed by atoms with E-state index in [4.69, 9.17) is 18.6 Å². The van der Waals surface area contributed by atoms with Gasteiger partial charge in [0.15, 0.2) is 17.3 Å². The van der Waals surface area contributed by atoms with Crippen molar-refractivity contribution in [2.24, 2.45) is 0 Å². The number of likely N-dealkylation sites (tertiary alicyclic amines) is 1. The van der Waals surface area contributed by atoms with Crippen LogP contribution in [0.3, 0.4) is 0 Å². The van der Waals surface area contributed by atoms with Crippen LogP contribution in [0.2, 0.25) is 0 Å². The molecule has 11 nitrogen and oxygen atoms in total. The molecule has 0 bridgehead atoms. The summed E-state index contributed by atoms with van der Waals surface area (Å²) in [5, 5.41) is 7.66. The van der Waals surface area contributed by atoms with Crippen LogP contribution in [0.1, 0.15) is 49.5 Å². The Morgan fingerprint density at radius 3 is 2.66 bits per heavy atom. The minimum Gasteiger partial charge on any atom is -0.480 e. The van der Waals surface area contributed by atoms with Gasteiger partial charge in [0.2, 0.25) is 5.88 Å². The number of methoxy groups -OCH3 is 1. The Morgan fingerprint density at radius 1 is 1.16 bits per heavy atom. The van der Waals surface area contributed by atoms with Crippen molar-refractivity contribution in [1.82, 2.24) is 34.2 Å². The van der Waals surface area contributed by atoms with E-state index in [0.29, 0.717) is 60.4 Å². The molecule has 5 rings (SSSR count). The van der Waals surface area contributed by atoms with E-state index in [1.54, 1.807) is 33.0 Å². The minimum absolute atomic E-state index is 0.107. The second kappa shape index (κ2) is 10.1. The van der Waals surface area contributed by atoms with Crippen LogP contribution in [0.5, 0.6) is 5.88 Å². The van der Waals surface area contributed by atoms with Gasteiger partial charge < -0.3 is 24.3 Å². The predicted octanol–water partition coefficient (Wildman–Crippen LogP) is 4.80. The highest BCUT2D eigenvalue weighted by Crippen LogP contribution is 2.32. The van der Waals surface area contributed by atoms with Crippen molar-refractivity contribution in [3.8, 4) is 17.1 Å². The molecule has 0 spiro atoms. The van der Waals surface area contributed by atoms with Gasteiger partial charge in [-0.2, -0.15) is 4.68 Å². The highest BCUT2D eigenvalue weighted by atomic mass is 16.6. The van der Waals surface area contributed by atoms with Crippen molar-refractivity contribution in [3.63, 3.8) is 0 Å². The molecule has 0 radical (unpaired) electrons. The molecule has 4 aromatic rings. The first-order chi connectivity index (χ1) is 19.3. The van der Waals surface area contributed by atoms with Crippen LogP contribution in [0.25, 0.3) is 22.4 Å². The standard InChI is InChI=1S/C27H34N8O3/c1-17-7-8-19(25(29-17)37-6)21-15-22(32-35(21)26(36)38-27(2,3)4)30-23-16-28-20-11-14-34(24(20)31-23)18-9-12-33(5)13-10-18/h7-8,11,14-16,18H,9-10,12-13H2,1-6H3,(H,30,31,32)/i5D3. The van der Waals surface area contributed by atoms with Crippen molar-refractivity contribution in [2.75, 3.05) is 32.5 Å².